The molecule has 2 N–H and O–H groups in total. The third kappa shape index (κ3) is 4.13. The maximum Gasteiger partial charge on any atom is 0.390 e. The number of nitrogens with one attached hydrogen (secondary N) is 1. The van der Waals surface area contributed by atoms with Crippen LogP contribution >= 0.6 is 11.3 Å². The molecule has 1 aliphatic heterocycles. The highest BCUT2D eigenvalue weighted by Crippen LogP contribution is 2.30. The highest BCUT2D eigenvalue weighted by molar-refractivity contribution is 7.18. The van der Waals surface area contributed by atoms with E-state index in [0.29, 0.717) is 28.1 Å². The molecule has 1 saturated heterocycles. The quantitative estimate of drug-likeness (QED) is 0.707. The lowest BCUT2D eigenvalue weighted by atomic mass is 10.2. The van der Waals surface area contributed by atoms with Crippen LogP contribution in [-0.2, 0) is 24.4 Å². The van der Waals surface area contributed by atoms with Gasteiger partial charge in [0.1, 0.15) is 11.4 Å². The van der Waals surface area contributed by atoms with E-state index in [1.807, 2.05) is 0 Å². The average molecular weight is 434 g/mol. The van der Waals surface area contributed by atoms with Crippen molar-refractivity contribution in [3.05, 3.63) is 31.3 Å². The van der Waals surface area contributed by atoms with E-state index in [0.717, 1.165) is 15.9 Å². The summed E-state index contributed by atoms with van der Waals surface area (Å²) in [6, 6.07) is -0.306. The maximum atomic E-state index is 12.8. The van der Waals surface area contributed by atoms with Crippen LogP contribution in [0.5, 0.6) is 0 Å². The van der Waals surface area contributed by atoms with Crippen LogP contribution in [0.2, 0.25) is 0 Å². The van der Waals surface area contributed by atoms with E-state index in [1.165, 1.54) is 4.90 Å². The van der Waals surface area contributed by atoms with Crippen LogP contribution in [0.3, 0.4) is 0 Å². The van der Waals surface area contributed by atoms with E-state index in [2.05, 4.69) is 5.32 Å². The van der Waals surface area contributed by atoms with Gasteiger partial charge < -0.3 is 15.3 Å². The van der Waals surface area contributed by atoms with Crippen LogP contribution in [0.15, 0.2) is 9.59 Å². The number of hydrogen-bond donors (Lipinski definition) is 2. The number of hydrogen-bond acceptors (Lipinski definition) is 5. The molecular formula is C16H17F3N4O5S. The number of rotatable bonds is 6. The Hall–Kier alpha value is -2.83. The minimum absolute atomic E-state index is 0.00682. The number of halogens is 3. The molecule has 0 aromatic carbocycles. The van der Waals surface area contributed by atoms with Gasteiger partial charge in [-0.25, -0.2) is 14.2 Å². The van der Waals surface area contributed by atoms with Gasteiger partial charge in [-0.2, -0.15) is 13.2 Å². The van der Waals surface area contributed by atoms with Gasteiger partial charge in [-0.1, -0.05) is 0 Å². The fourth-order valence-electron chi connectivity index (χ4n) is 3.14. The largest absolute Gasteiger partial charge is 0.480 e. The molecule has 0 unspecified atom stereocenters. The van der Waals surface area contributed by atoms with Crippen molar-refractivity contribution in [1.29, 1.82) is 0 Å². The number of carbonyl (C=O) groups is 2. The molecule has 0 spiro atoms. The fraction of sp³-hybridized carbons (Fsp3) is 0.500. The van der Waals surface area contributed by atoms with Crippen molar-refractivity contribution in [2.24, 2.45) is 0 Å². The van der Waals surface area contributed by atoms with Gasteiger partial charge >= 0.3 is 23.9 Å². The smallest absolute Gasteiger partial charge is 0.390 e. The Bertz CT molecular complexity index is 1100. The van der Waals surface area contributed by atoms with E-state index in [1.54, 1.807) is 6.92 Å². The Labute approximate surface area is 165 Å². The number of aromatic nitrogens is 2. The first kappa shape index (κ1) is 20.9. The summed E-state index contributed by atoms with van der Waals surface area (Å²) in [6.45, 7) is 0.859. The van der Waals surface area contributed by atoms with Crippen molar-refractivity contribution < 1.29 is 27.9 Å². The lowest BCUT2D eigenvalue weighted by Crippen LogP contribution is -2.41. The number of alkyl halides is 3. The van der Waals surface area contributed by atoms with Crippen molar-refractivity contribution in [3.8, 4) is 0 Å². The van der Waals surface area contributed by atoms with Crippen molar-refractivity contribution in [2.45, 2.75) is 39.2 Å². The maximum absolute atomic E-state index is 12.8. The second-order valence-corrected chi connectivity index (χ2v) is 7.65. The minimum atomic E-state index is -4.54. The predicted molar refractivity (Wildman–Crippen MR) is 97.2 cm³/mol. The molecule has 0 aliphatic carbocycles. The first-order valence-electron chi connectivity index (χ1n) is 8.56. The van der Waals surface area contributed by atoms with Gasteiger partial charge in [0.2, 0.25) is 0 Å². The molecule has 0 saturated carbocycles. The molecule has 0 radical (unpaired) electrons. The summed E-state index contributed by atoms with van der Waals surface area (Å²) in [5.74, 6) is -1.47. The fourth-order valence-corrected chi connectivity index (χ4v) is 4.47. The zero-order valence-corrected chi connectivity index (χ0v) is 16.0. The molecule has 3 rings (SSSR count). The lowest BCUT2D eigenvalue weighted by molar-refractivity contribution is -0.139. The molecule has 0 bridgehead atoms. The molecule has 3 heterocycles. The summed E-state index contributed by atoms with van der Waals surface area (Å²) in [7, 11) is 0. The van der Waals surface area contributed by atoms with Crippen molar-refractivity contribution in [2.75, 3.05) is 13.1 Å². The van der Waals surface area contributed by atoms with Crippen LogP contribution in [0, 0.1) is 6.92 Å². The van der Waals surface area contributed by atoms with Crippen LogP contribution in [0.4, 0.5) is 18.0 Å². The van der Waals surface area contributed by atoms with Crippen molar-refractivity contribution in [1.82, 2.24) is 19.4 Å². The topological polar surface area (TPSA) is 114 Å². The molecule has 13 heteroatoms. The highest BCUT2D eigenvalue weighted by Gasteiger charge is 2.29. The van der Waals surface area contributed by atoms with Crippen LogP contribution < -0.4 is 16.6 Å². The van der Waals surface area contributed by atoms with Crippen LogP contribution in [-0.4, -0.2) is 50.4 Å². The molecule has 0 atom stereocenters. The first-order chi connectivity index (χ1) is 13.5. The SMILES string of the molecule is Cc1c(CN2CCNC2=O)sc2c1c(=O)n(CC(=O)O)c(=O)n2CCC(F)(F)F. The summed E-state index contributed by atoms with van der Waals surface area (Å²) in [4.78, 5) is 50.3. The van der Waals surface area contributed by atoms with E-state index in [9.17, 15) is 32.3 Å². The second kappa shape index (κ2) is 7.54. The standard InChI is InChI=1S/C16H17F3N4O5S/c1-8-9(6-21-5-3-20-14(21)27)29-13-11(8)12(26)23(7-10(24)25)15(28)22(13)4-2-16(17,18)19/h2-7H2,1H3,(H,20,27)(H,24,25). The number of urea groups is 1. The van der Waals surface area contributed by atoms with Gasteiger partial charge in [-0.05, 0) is 12.5 Å². The zero-order chi connectivity index (χ0) is 21.5. The van der Waals surface area contributed by atoms with Crippen molar-refractivity contribution in [3.63, 3.8) is 0 Å². The number of carbonyl (C=O) groups excluding carboxylic acids is 1. The number of nitrogens with zero attached hydrogens (tertiary/aromatic N) is 3. The van der Waals surface area contributed by atoms with Crippen molar-refractivity contribution >= 4 is 33.6 Å². The summed E-state index contributed by atoms with van der Waals surface area (Å²) in [5, 5.41) is 11.6. The number of carboxylic acid groups (broad SMARTS) is 1. The van der Waals surface area contributed by atoms with Crippen LogP contribution in [0.1, 0.15) is 16.9 Å². The van der Waals surface area contributed by atoms with Gasteiger partial charge in [-0.15, -0.1) is 11.3 Å². The Morgan fingerprint density at radius 1 is 1.24 bits per heavy atom. The Kier molecular flexibility index (Phi) is 5.43. The Morgan fingerprint density at radius 2 is 1.93 bits per heavy atom. The van der Waals surface area contributed by atoms with E-state index < -0.39 is 42.9 Å². The van der Waals surface area contributed by atoms with E-state index >= 15 is 0 Å². The molecule has 1 aliphatic rings. The third-order valence-electron chi connectivity index (χ3n) is 4.58. The second-order valence-electron chi connectivity index (χ2n) is 6.57. The Morgan fingerprint density at radius 3 is 2.48 bits per heavy atom. The molecule has 1 fully saturated rings. The number of carboxylic acids is 1. The summed E-state index contributed by atoms with van der Waals surface area (Å²) in [5.41, 5.74) is -1.57. The minimum Gasteiger partial charge on any atom is -0.480 e. The zero-order valence-electron chi connectivity index (χ0n) is 15.2. The van der Waals surface area contributed by atoms with Crippen LogP contribution in [0.25, 0.3) is 10.2 Å². The molecule has 9 nitrogen and oxygen atoms in total. The number of amides is 2. The molecule has 2 aromatic rings. The average Bonchev–Trinajstić information content (AvgIpc) is 3.15. The lowest BCUT2D eigenvalue weighted by Gasteiger charge is -2.12. The van der Waals surface area contributed by atoms with Gasteiger partial charge in [0.15, 0.2) is 0 Å². The Balaban J connectivity index is 2.18. The van der Waals surface area contributed by atoms with Gasteiger partial charge in [-0.3, -0.25) is 14.2 Å². The predicted octanol–water partition coefficient (Wildman–Crippen LogP) is 1.10. The monoisotopic (exact) mass is 434 g/mol. The number of thiophene rings is 1. The molecule has 2 amide bonds. The normalized spacial score (nSPS) is 14.6. The van der Waals surface area contributed by atoms with E-state index in [-0.39, 0.29) is 22.8 Å². The number of aliphatic carboxylic acids is 1. The molecule has 29 heavy (non-hydrogen) atoms. The third-order valence-corrected chi connectivity index (χ3v) is 5.88. The van der Waals surface area contributed by atoms with Gasteiger partial charge in [0.25, 0.3) is 5.56 Å². The van der Waals surface area contributed by atoms with Gasteiger partial charge in [0, 0.05) is 24.5 Å². The molecule has 2 aromatic heterocycles. The van der Waals surface area contributed by atoms with Gasteiger partial charge in [0.05, 0.1) is 18.4 Å². The first-order valence-corrected chi connectivity index (χ1v) is 9.38. The summed E-state index contributed by atoms with van der Waals surface area (Å²) in [6.07, 6.45) is -5.85. The summed E-state index contributed by atoms with van der Waals surface area (Å²) >= 11 is 0.959. The highest BCUT2D eigenvalue weighted by atomic mass is 32.1. The molecular weight excluding hydrogens is 417 g/mol. The summed E-state index contributed by atoms with van der Waals surface area (Å²) < 4.78 is 39.4. The number of aryl methyl sites for hydroxylation is 2. The molecule has 158 valence electrons. The van der Waals surface area contributed by atoms with E-state index in [4.69, 9.17) is 5.11 Å². The number of fused-ring (bicyclic) bond motifs is 1.